The largest absolute Gasteiger partial charge is 0.480 e. The van der Waals surface area contributed by atoms with Crippen LogP contribution in [0.1, 0.15) is 37.7 Å². The number of carboxylic acids is 1. The molecule has 1 aliphatic heterocycles. The average molecular weight is 364 g/mol. The number of rotatable bonds is 7. The summed E-state index contributed by atoms with van der Waals surface area (Å²) >= 11 is 0. The number of halogens is 1. The first-order chi connectivity index (χ1) is 12.5. The van der Waals surface area contributed by atoms with Crippen LogP contribution in [0.5, 0.6) is 0 Å². The van der Waals surface area contributed by atoms with Gasteiger partial charge in [-0.2, -0.15) is 0 Å². The topological polar surface area (TPSA) is 72.8 Å². The lowest BCUT2D eigenvalue weighted by molar-refractivity contribution is -0.147. The molecule has 0 unspecified atom stereocenters. The molecule has 1 saturated heterocycles. The minimum Gasteiger partial charge on any atom is -0.480 e. The number of likely N-dealkylation sites (tertiary alicyclic amines) is 1. The fraction of sp³-hybridized carbons (Fsp3) is 0.650. The molecule has 5 nitrogen and oxygen atoms in total. The van der Waals surface area contributed by atoms with Gasteiger partial charge in [0.25, 0.3) is 0 Å². The van der Waals surface area contributed by atoms with Crippen LogP contribution in [0.2, 0.25) is 0 Å². The summed E-state index contributed by atoms with van der Waals surface area (Å²) in [5.74, 6) is 0.0228. The molecule has 1 aromatic carbocycles. The molecule has 0 aromatic heterocycles. The van der Waals surface area contributed by atoms with Gasteiger partial charge in [-0.25, -0.2) is 4.39 Å². The predicted octanol–water partition coefficient (Wildman–Crippen LogP) is 2.24. The summed E-state index contributed by atoms with van der Waals surface area (Å²) in [5.41, 5.74) is 0.823. The van der Waals surface area contributed by atoms with E-state index < -0.39 is 18.1 Å². The highest BCUT2D eigenvalue weighted by molar-refractivity contribution is 5.73. The molecule has 2 aliphatic rings. The van der Waals surface area contributed by atoms with E-state index in [2.05, 4.69) is 5.32 Å². The van der Waals surface area contributed by atoms with Crippen LogP contribution in [0.3, 0.4) is 0 Å². The number of nitrogens with zero attached hydrogens (tertiary/aromatic N) is 1. The number of aliphatic hydroxyl groups is 1. The average Bonchev–Trinajstić information content (AvgIpc) is 2.61. The molecule has 1 aromatic rings. The van der Waals surface area contributed by atoms with Crippen molar-refractivity contribution in [2.45, 2.75) is 50.8 Å². The third kappa shape index (κ3) is 5.02. The van der Waals surface area contributed by atoms with Gasteiger partial charge in [-0.1, -0.05) is 31.4 Å². The van der Waals surface area contributed by atoms with E-state index in [9.17, 15) is 19.4 Å². The van der Waals surface area contributed by atoms with E-state index in [0.29, 0.717) is 37.9 Å². The van der Waals surface area contributed by atoms with Gasteiger partial charge in [-0.3, -0.25) is 9.69 Å². The van der Waals surface area contributed by atoms with Crippen LogP contribution in [-0.2, 0) is 11.3 Å². The van der Waals surface area contributed by atoms with E-state index in [1.54, 1.807) is 6.07 Å². The molecule has 1 saturated carbocycles. The molecule has 26 heavy (non-hydrogen) atoms. The molecule has 0 amide bonds. The smallest absolute Gasteiger partial charge is 0.320 e. The first-order valence-electron chi connectivity index (χ1n) is 9.63. The van der Waals surface area contributed by atoms with E-state index in [4.69, 9.17) is 0 Å². The molecule has 4 atom stereocenters. The minimum absolute atomic E-state index is 0.274. The summed E-state index contributed by atoms with van der Waals surface area (Å²) in [6.07, 6.45) is 4.79. The molecule has 2 fully saturated rings. The first kappa shape index (κ1) is 19.3. The van der Waals surface area contributed by atoms with Gasteiger partial charge in [0.15, 0.2) is 0 Å². The zero-order chi connectivity index (χ0) is 18.5. The fourth-order valence-electron chi connectivity index (χ4n) is 4.52. The van der Waals surface area contributed by atoms with Crippen molar-refractivity contribution in [2.75, 3.05) is 19.6 Å². The number of piperidine rings is 1. The maximum absolute atomic E-state index is 13.2. The van der Waals surface area contributed by atoms with Crippen LogP contribution in [0.4, 0.5) is 4.39 Å². The van der Waals surface area contributed by atoms with Crippen LogP contribution in [-0.4, -0.2) is 52.9 Å². The van der Waals surface area contributed by atoms with Gasteiger partial charge in [0.2, 0.25) is 0 Å². The molecule has 0 spiro atoms. The van der Waals surface area contributed by atoms with Gasteiger partial charge in [0, 0.05) is 26.2 Å². The third-order valence-electron chi connectivity index (χ3n) is 5.83. The molecule has 0 radical (unpaired) electrons. The summed E-state index contributed by atoms with van der Waals surface area (Å²) < 4.78 is 13.2. The summed E-state index contributed by atoms with van der Waals surface area (Å²) in [7, 11) is 0. The highest BCUT2D eigenvalue weighted by Crippen LogP contribution is 2.38. The maximum Gasteiger partial charge on any atom is 0.320 e. The van der Waals surface area contributed by atoms with Crippen molar-refractivity contribution >= 4 is 5.97 Å². The van der Waals surface area contributed by atoms with Gasteiger partial charge in [0.1, 0.15) is 11.9 Å². The number of hydrogen-bond acceptors (Lipinski definition) is 4. The molecular formula is C20H29FN2O3. The summed E-state index contributed by atoms with van der Waals surface area (Å²) in [6.45, 7) is 1.95. The number of aliphatic carboxylic acids is 1. The van der Waals surface area contributed by atoms with Crippen molar-refractivity contribution in [3.63, 3.8) is 0 Å². The Morgan fingerprint density at radius 1 is 1.31 bits per heavy atom. The van der Waals surface area contributed by atoms with Gasteiger partial charge in [0.05, 0.1) is 6.10 Å². The number of carbonyl (C=O) groups is 1. The van der Waals surface area contributed by atoms with Crippen LogP contribution in [0, 0.1) is 17.7 Å². The normalized spacial score (nSPS) is 27.7. The van der Waals surface area contributed by atoms with Crippen LogP contribution < -0.4 is 5.32 Å². The Balaban J connectivity index is 1.49. The lowest BCUT2D eigenvalue weighted by Crippen LogP contribution is -2.54. The molecule has 3 N–H and O–H groups in total. The zero-order valence-corrected chi connectivity index (χ0v) is 15.1. The van der Waals surface area contributed by atoms with Gasteiger partial charge in [-0.15, -0.1) is 0 Å². The van der Waals surface area contributed by atoms with Crippen LogP contribution >= 0.6 is 0 Å². The Kier molecular flexibility index (Phi) is 6.62. The van der Waals surface area contributed by atoms with Crippen molar-refractivity contribution < 1.29 is 19.4 Å². The molecular weight excluding hydrogens is 335 g/mol. The zero-order valence-electron chi connectivity index (χ0n) is 15.1. The second kappa shape index (κ2) is 8.93. The molecule has 1 aliphatic carbocycles. The number of carboxylic acid groups (broad SMARTS) is 1. The van der Waals surface area contributed by atoms with Gasteiger partial charge >= 0.3 is 5.97 Å². The lowest BCUT2D eigenvalue weighted by Gasteiger charge is -2.45. The quantitative estimate of drug-likeness (QED) is 0.692. The van der Waals surface area contributed by atoms with E-state index >= 15 is 0 Å². The lowest BCUT2D eigenvalue weighted by atomic mass is 9.73. The molecule has 0 bridgehead atoms. The van der Waals surface area contributed by atoms with Crippen molar-refractivity contribution in [2.24, 2.45) is 11.8 Å². The molecule has 1 heterocycles. The second-order valence-electron chi connectivity index (χ2n) is 7.76. The van der Waals surface area contributed by atoms with Crippen molar-refractivity contribution in [3.8, 4) is 0 Å². The monoisotopic (exact) mass is 364 g/mol. The number of β-amino-alcohol motifs (C(OH)–C–C–N with tert-alkyl or cyclic N) is 1. The summed E-state index contributed by atoms with van der Waals surface area (Å²) in [6, 6.07) is 5.87. The highest BCUT2D eigenvalue weighted by Gasteiger charge is 2.40. The second-order valence-corrected chi connectivity index (χ2v) is 7.76. The minimum atomic E-state index is -0.783. The Hall–Kier alpha value is -1.50. The molecule has 3 rings (SSSR count). The first-order valence-corrected chi connectivity index (χ1v) is 9.63. The van der Waals surface area contributed by atoms with Crippen molar-refractivity contribution in [3.05, 3.63) is 35.6 Å². The number of aliphatic hydroxyl groups excluding tert-OH is 1. The molecule has 144 valence electrons. The highest BCUT2D eigenvalue weighted by atomic mass is 19.1. The van der Waals surface area contributed by atoms with E-state index in [0.717, 1.165) is 18.5 Å². The molecule has 6 heteroatoms. The Bertz CT molecular complexity index is 612. The van der Waals surface area contributed by atoms with Gasteiger partial charge < -0.3 is 15.5 Å². The Morgan fingerprint density at radius 3 is 2.81 bits per heavy atom. The maximum atomic E-state index is 13.2. The standard InChI is InChI=1S/C20H29FN2O3/c21-17-7-3-4-14(8-17)10-22-11-18(24)13-23-12-16-6-2-1-5-15(16)9-19(23)20(25)26/h3-4,7-8,15-16,18-19,22,24H,1-2,5-6,9-13H2,(H,25,26)/t15-,16+,18+,19-/m0/s1. The van der Waals surface area contributed by atoms with Gasteiger partial charge in [-0.05, 0) is 42.4 Å². The van der Waals surface area contributed by atoms with Crippen LogP contribution in [0.25, 0.3) is 0 Å². The SMILES string of the molecule is O=C(O)[C@@H]1C[C@@H]2CCCC[C@@H]2CN1C[C@H](O)CNCc1cccc(F)c1. The van der Waals surface area contributed by atoms with Crippen LogP contribution in [0.15, 0.2) is 24.3 Å². The number of nitrogens with one attached hydrogen (secondary N) is 1. The van der Waals surface area contributed by atoms with Crippen molar-refractivity contribution in [1.82, 2.24) is 10.2 Å². The summed E-state index contributed by atoms with van der Waals surface area (Å²) in [5, 5.41) is 23.1. The number of hydrogen-bond donors (Lipinski definition) is 3. The van der Waals surface area contributed by atoms with Crippen molar-refractivity contribution in [1.29, 1.82) is 0 Å². The number of benzene rings is 1. The Morgan fingerprint density at radius 2 is 2.08 bits per heavy atom. The van der Waals surface area contributed by atoms with E-state index in [-0.39, 0.29) is 5.82 Å². The van der Waals surface area contributed by atoms with E-state index in [1.807, 2.05) is 11.0 Å². The summed E-state index contributed by atoms with van der Waals surface area (Å²) in [4.78, 5) is 13.6. The fourth-order valence-corrected chi connectivity index (χ4v) is 4.52. The predicted molar refractivity (Wildman–Crippen MR) is 97.2 cm³/mol. The Labute approximate surface area is 154 Å². The number of fused-ring (bicyclic) bond motifs is 1. The third-order valence-corrected chi connectivity index (χ3v) is 5.83. The van der Waals surface area contributed by atoms with E-state index in [1.165, 1.54) is 31.4 Å².